The van der Waals surface area contributed by atoms with E-state index in [1.165, 1.54) is 36.3 Å². The van der Waals surface area contributed by atoms with Gasteiger partial charge < -0.3 is 4.90 Å². The van der Waals surface area contributed by atoms with Crippen LogP contribution in [0.1, 0.15) is 37.4 Å². The number of rotatable bonds is 7. The molecule has 5 nitrogen and oxygen atoms in total. The van der Waals surface area contributed by atoms with Crippen molar-refractivity contribution in [3.63, 3.8) is 0 Å². The normalized spacial score (nSPS) is 15.0. The van der Waals surface area contributed by atoms with Crippen molar-refractivity contribution in [2.24, 2.45) is 0 Å². The van der Waals surface area contributed by atoms with E-state index in [2.05, 4.69) is 33.7 Å². The van der Waals surface area contributed by atoms with Gasteiger partial charge in [0.25, 0.3) is 0 Å². The van der Waals surface area contributed by atoms with Gasteiger partial charge in [-0.05, 0) is 55.5 Å². The lowest BCUT2D eigenvalue weighted by molar-refractivity contribution is 0.577. The van der Waals surface area contributed by atoms with Crippen LogP contribution in [-0.4, -0.2) is 26.5 Å². The number of thiophene rings is 1. The van der Waals surface area contributed by atoms with Crippen molar-refractivity contribution in [3.8, 4) is 9.88 Å². The van der Waals surface area contributed by atoms with Gasteiger partial charge in [-0.2, -0.15) is 0 Å². The molecule has 154 valence electrons. The van der Waals surface area contributed by atoms with Crippen LogP contribution in [0.5, 0.6) is 0 Å². The second-order valence-electron chi connectivity index (χ2n) is 7.15. The Bertz CT molecular complexity index is 1050. The van der Waals surface area contributed by atoms with Crippen molar-refractivity contribution in [2.75, 3.05) is 18.0 Å². The highest BCUT2D eigenvalue weighted by Gasteiger charge is 2.18. The third-order valence-electron chi connectivity index (χ3n) is 5.09. The fourth-order valence-corrected chi connectivity index (χ4v) is 6.73. The molecular formula is C21H25N3O2S3. The number of hydrogen-bond acceptors (Lipinski definition) is 6. The molecule has 1 N–H and O–H groups in total. The summed E-state index contributed by atoms with van der Waals surface area (Å²) >= 11 is 2.82. The fourth-order valence-electron chi connectivity index (χ4n) is 3.39. The number of hydrogen-bond donors (Lipinski definition) is 1. The molecule has 0 aliphatic carbocycles. The summed E-state index contributed by atoms with van der Waals surface area (Å²) in [6, 6.07) is 11.7. The predicted molar refractivity (Wildman–Crippen MR) is 121 cm³/mol. The Balaban J connectivity index is 1.40. The Morgan fingerprint density at radius 1 is 1.07 bits per heavy atom. The molecule has 1 fully saturated rings. The summed E-state index contributed by atoms with van der Waals surface area (Å²) in [5.74, 6) is 0. The minimum Gasteiger partial charge on any atom is -0.372 e. The lowest BCUT2D eigenvalue weighted by atomic mass is 10.1. The van der Waals surface area contributed by atoms with Crippen LogP contribution in [0.3, 0.4) is 0 Å². The van der Waals surface area contributed by atoms with E-state index in [0.717, 1.165) is 40.7 Å². The molecule has 0 unspecified atom stereocenters. The van der Waals surface area contributed by atoms with Crippen LogP contribution >= 0.6 is 22.7 Å². The number of anilines is 1. The smallest absolute Gasteiger partial charge is 0.250 e. The highest BCUT2D eigenvalue weighted by Crippen LogP contribution is 2.33. The summed E-state index contributed by atoms with van der Waals surface area (Å²) in [6.45, 7) is 4.55. The van der Waals surface area contributed by atoms with E-state index >= 15 is 0 Å². The van der Waals surface area contributed by atoms with Crippen LogP contribution < -0.4 is 9.62 Å². The summed E-state index contributed by atoms with van der Waals surface area (Å²) < 4.78 is 28.4. The first-order valence-electron chi connectivity index (χ1n) is 9.93. The Morgan fingerprint density at radius 2 is 1.83 bits per heavy atom. The monoisotopic (exact) mass is 447 g/mol. The Morgan fingerprint density at radius 3 is 2.52 bits per heavy atom. The molecule has 2 aromatic heterocycles. The van der Waals surface area contributed by atoms with Crippen LogP contribution in [0.25, 0.3) is 9.88 Å². The SMILES string of the molecule is CCc1csc(-c2ccc(S(=O)(=O)NCc3ccc(N4CCCCC4)cc3)s2)n1. The predicted octanol–water partition coefficient (Wildman–Crippen LogP) is 4.90. The van der Waals surface area contributed by atoms with Crippen molar-refractivity contribution < 1.29 is 8.42 Å². The third-order valence-corrected chi connectivity index (χ3v) is 9.13. The van der Waals surface area contributed by atoms with Crippen molar-refractivity contribution in [2.45, 2.75) is 43.4 Å². The van der Waals surface area contributed by atoms with Crippen LogP contribution in [0.15, 0.2) is 46.0 Å². The molecule has 4 rings (SSSR count). The molecule has 3 heterocycles. The van der Waals surface area contributed by atoms with Crippen molar-refractivity contribution >= 4 is 38.4 Å². The number of benzene rings is 1. The molecule has 0 amide bonds. The van der Waals surface area contributed by atoms with Gasteiger partial charge in [0.05, 0.1) is 10.6 Å². The van der Waals surface area contributed by atoms with Crippen LogP contribution in [0.4, 0.5) is 5.69 Å². The summed E-state index contributed by atoms with van der Waals surface area (Å²) in [7, 11) is -3.54. The average Bonchev–Trinajstić information content (AvgIpc) is 3.43. The molecule has 0 spiro atoms. The average molecular weight is 448 g/mol. The molecule has 8 heteroatoms. The Kier molecular flexibility index (Phi) is 6.34. The quantitative estimate of drug-likeness (QED) is 0.559. The summed E-state index contributed by atoms with van der Waals surface area (Å²) in [5, 5.41) is 2.90. The minimum atomic E-state index is -3.54. The van der Waals surface area contributed by atoms with E-state index in [1.54, 1.807) is 17.4 Å². The number of sulfonamides is 1. The van der Waals surface area contributed by atoms with Gasteiger partial charge >= 0.3 is 0 Å². The molecule has 1 aliphatic rings. The number of nitrogens with one attached hydrogen (secondary N) is 1. The maximum Gasteiger partial charge on any atom is 0.250 e. The van der Waals surface area contributed by atoms with Crippen LogP contribution in [0, 0.1) is 0 Å². The van der Waals surface area contributed by atoms with Gasteiger partial charge in [0.15, 0.2) is 0 Å². The lowest BCUT2D eigenvalue weighted by Crippen LogP contribution is -2.29. The first-order chi connectivity index (χ1) is 14.0. The van der Waals surface area contributed by atoms with E-state index in [9.17, 15) is 8.42 Å². The molecule has 1 saturated heterocycles. The van der Waals surface area contributed by atoms with Gasteiger partial charge in [0.2, 0.25) is 10.0 Å². The molecule has 0 radical (unpaired) electrons. The standard InChI is InChI=1S/C21H25N3O2S3/c1-2-17-15-27-21(23-17)19-10-11-20(28-19)29(25,26)22-14-16-6-8-18(9-7-16)24-12-4-3-5-13-24/h6-11,15,22H,2-5,12-14H2,1H3. The van der Waals surface area contributed by atoms with Gasteiger partial charge in [0.1, 0.15) is 9.22 Å². The van der Waals surface area contributed by atoms with E-state index in [4.69, 9.17) is 0 Å². The second kappa shape index (κ2) is 8.95. The maximum absolute atomic E-state index is 12.7. The van der Waals surface area contributed by atoms with E-state index in [-0.39, 0.29) is 6.54 Å². The first-order valence-corrected chi connectivity index (χ1v) is 13.1. The van der Waals surface area contributed by atoms with Crippen molar-refractivity contribution in [3.05, 3.63) is 53.0 Å². The summed E-state index contributed by atoms with van der Waals surface area (Å²) in [5.41, 5.74) is 3.21. The number of thiazole rings is 1. The zero-order chi connectivity index (χ0) is 20.3. The third kappa shape index (κ3) is 4.88. The highest BCUT2D eigenvalue weighted by molar-refractivity contribution is 7.91. The number of aromatic nitrogens is 1. The van der Waals surface area contributed by atoms with Crippen molar-refractivity contribution in [1.82, 2.24) is 9.71 Å². The molecule has 3 aromatic rings. The molecule has 0 saturated carbocycles. The zero-order valence-electron chi connectivity index (χ0n) is 16.4. The van der Waals surface area contributed by atoms with Gasteiger partial charge in [-0.25, -0.2) is 18.1 Å². The van der Waals surface area contributed by atoms with Gasteiger partial charge in [-0.15, -0.1) is 22.7 Å². The Labute approximate surface area is 180 Å². The Hall–Kier alpha value is -1.74. The number of piperidine rings is 1. The summed E-state index contributed by atoms with van der Waals surface area (Å²) in [6.07, 6.45) is 4.67. The van der Waals surface area contributed by atoms with Gasteiger partial charge in [-0.1, -0.05) is 19.1 Å². The molecular weight excluding hydrogens is 422 g/mol. The molecule has 0 atom stereocenters. The number of nitrogens with zero attached hydrogens (tertiary/aromatic N) is 2. The van der Waals surface area contributed by atoms with E-state index < -0.39 is 10.0 Å². The maximum atomic E-state index is 12.7. The molecule has 1 aliphatic heterocycles. The molecule has 1 aromatic carbocycles. The molecule has 29 heavy (non-hydrogen) atoms. The van der Waals surface area contributed by atoms with Crippen LogP contribution in [0.2, 0.25) is 0 Å². The van der Waals surface area contributed by atoms with Gasteiger partial charge in [-0.3, -0.25) is 0 Å². The zero-order valence-corrected chi connectivity index (χ0v) is 18.9. The fraction of sp³-hybridized carbons (Fsp3) is 0.381. The number of aryl methyl sites for hydroxylation is 1. The lowest BCUT2D eigenvalue weighted by Gasteiger charge is -2.28. The van der Waals surface area contributed by atoms with E-state index in [1.807, 2.05) is 23.6 Å². The largest absolute Gasteiger partial charge is 0.372 e. The topological polar surface area (TPSA) is 62.3 Å². The van der Waals surface area contributed by atoms with Crippen molar-refractivity contribution in [1.29, 1.82) is 0 Å². The van der Waals surface area contributed by atoms with Crippen LogP contribution in [-0.2, 0) is 23.0 Å². The first kappa shape index (κ1) is 20.5. The summed E-state index contributed by atoms with van der Waals surface area (Å²) in [4.78, 5) is 7.83. The van der Waals surface area contributed by atoms with Gasteiger partial charge in [0, 0.05) is 30.7 Å². The second-order valence-corrected chi connectivity index (χ2v) is 11.1. The minimum absolute atomic E-state index is 0.285. The highest BCUT2D eigenvalue weighted by atomic mass is 32.2. The van der Waals surface area contributed by atoms with E-state index in [0.29, 0.717) is 4.21 Å². The molecule has 0 bridgehead atoms.